The summed E-state index contributed by atoms with van der Waals surface area (Å²) in [6.45, 7) is 0. The lowest BCUT2D eigenvalue weighted by Gasteiger charge is -2.57. The van der Waals surface area contributed by atoms with Gasteiger partial charge in [-0.3, -0.25) is 4.79 Å². The third-order valence-electron chi connectivity index (χ3n) is 7.51. The predicted octanol–water partition coefficient (Wildman–Crippen LogP) is -9.63. The fourth-order valence-electron chi connectivity index (χ4n) is 5.22. The summed E-state index contributed by atoms with van der Waals surface area (Å²) in [5, 5.41) is 9.43. The molecule has 0 saturated heterocycles. The van der Waals surface area contributed by atoms with Gasteiger partial charge in [-0.05, 0) is 17.2 Å². The van der Waals surface area contributed by atoms with Crippen LogP contribution in [0.2, 0.25) is 10.4 Å². The second-order valence-corrected chi connectivity index (χ2v) is 9.07. The molecule has 3 unspecified atom stereocenters. The molecule has 3 nitrogen and oxygen atoms in total. The molecule has 1 aromatic rings. The molecule has 2 aliphatic rings. The van der Waals surface area contributed by atoms with Crippen LogP contribution < -0.4 is 33.0 Å². The van der Waals surface area contributed by atoms with Crippen LogP contribution in [0.3, 0.4) is 0 Å². The standard InChI is InChI=1S/C12H20B8ClNO2/c13-4-3-8(7(16)6(15)5(4)14)20(21)12(19)10(17,18)1-2(23)9(24)11(3,12)22/h2,23H,1,13-19,22H2. The van der Waals surface area contributed by atoms with Gasteiger partial charge in [0.2, 0.25) is 0 Å². The lowest BCUT2D eigenvalue weighted by atomic mass is 9.18. The van der Waals surface area contributed by atoms with Crippen LogP contribution in [0.25, 0.3) is 0 Å². The molecule has 24 heavy (non-hydrogen) atoms. The Bertz CT molecular complexity index is 789. The largest absolute Gasteiger partial charge is 0.385 e. The average molecular weight is 332 g/mol. The van der Waals surface area contributed by atoms with Crippen molar-refractivity contribution in [3.05, 3.63) is 5.56 Å². The molecule has 3 atom stereocenters. The number of nitrogens with two attached hydrogens (primary N) is 1. The first kappa shape index (κ1) is 18.4. The molecule has 0 spiro atoms. The van der Waals surface area contributed by atoms with E-state index in [4.69, 9.17) is 17.2 Å². The Morgan fingerprint density at radius 1 is 1.08 bits per heavy atom. The van der Waals surface area contributed by atoms with Gasteiger partial charge < -0.3 is 10.8 Å². The van der Waals surface area contributed by atoms with E-state index in [1.807, 2.05) is 15.7 Å². The van der Waals surface area contributed by atoms with Gasteiger partial charge in [0, 0.05) is 0 Å². The predicted molar refractivity (Wildman–Crippen MR) is 123 cm³/mol. The molecule has 12 heteroatoms. The van der Waals surface area contributed by atoms with E-state index in [0.29, 0.717) is 6.42 Å². The molecule has 0 radical (unpaired) electrons. The van der Waals surface area contributed by atoms with Crippen molar-refractivity contribution in [3.63, 3.8) is 0 Å². The zero-order chi connectivity index (χ0) is 18.4. The minimum absolute atomic E-state index is 0.292. The summed E-state index contributed by atoms with van der Waals surface area (Å²) in [7, 11) is 14.4. The number of benzene rings is 1. The topological polar surface area (TPSA) is 63.3 Å². The van der Waals surface area contributed by atoms with Gasteiger partial charge in [0.05, 0.1) is 21.2 Å². The summed E-state index contributed by atoms with van der Waals surface area (Å²) < 4.78 is 0. The maximum Gasteiger partial charge on any atom is 0.282 e. The first-order chi connectivity index (χ1) is 10.8. The monoisotopic (exact) mass is 333 g/mol. The van der Waals surface area contributed by atoms with Gasteiger partial charge in [-0.25, -0.2) is 0 Å². The number of fused-ring (bicyclic) bond motifs is 3. The van der Waals surface area contributed by atoms with E-state index >= 15 is 0 Å². The molecule has 3 N–H and O–H groups in total. The first-order valence-corrected chi connectivity index (χ1v) is 9.03. The van der Waals surface area contributed by atoms with Gasteiger partial charge in [0.15, 0.2) is 5.78 Å². The molecule has 3 rings (SSSR count). The number of rotatable bonds is 0. The Balaban J connectivity index is 2.50. The van der Waals surface area contributed by atoms with Crippen LogP contribution in [0.5, 0.6) is 0 Å². The molecule has 0 amide bonds. The molecule has 116 valence electrons. The van der Waals surface area contributed by atoms with Crippen molar-refractivity contribution in [2.75, 3.05) is 0 Å². The number of hydrogen-bond acceptors (Lipinski definition) is 3. The van der Waals surface area contributed by atoms with E-state index in [1.165, 1.54) is 5.46 Å². The molecular formula is C12H20B8ClNO2. The summed E-state index contributed by atoms with van der Waals surface area (Å²) >= 11 is 7.03. The minimum atomic E-state index is -1.26. The molecule has 1 heterocycles. The molecule has 1 saturated carbocycles. The lowest BCUT2D eigenvalue weighted by Crippen LogP contribution is -2.67. The highest BCUT2D eigenvalue weighted by Crippen LogP contribution is 2.65. The number of hydrogen-bond donors (Lipinski definition) is 2. The number of aliphatic hydroxyl groups excluding tert-OH is 1. The molecule has 1 fully saturated rings. The number of Topliss-reactive ketones (excluding diaryl/α,β-unsaturated/α-hetero) is 1. The maximum absolute atomic E-state index is 13.2. The van der Waals surface area contributed by atoms with Crippen LogP contribution in [0, 0.1) is 0 Å². The number of carbonyl (C=O) groups excluding carboxylic acids is 1. The van der Waals surface area contributed by atoms with Gasteiger partial charge in [-0.15, -0.1) is 10.9 Å². The van der Waals surface area contributed by atoms with Crippen molar-refractivity contribution >= 4 is 106 Å². The van der Waals surface area contributed by atoms with E-state index in [1.54, 1.807) is 0 Å². The molecule has 0 bridgehead atoms. The van der Waals surface area contributed by atoms with E-state index < -0.39 is 16.9 Å². The summed E-state index contributed by atoms with van der Waals surface area (Å²) in [5.41, 5.74) is 12.0. The molecule has 1 aliphatic carbocycles. The summed E-state index contributed by atoms with van der Waals surface area (Å²) in [6, 6.07) is 0. The zero-order valence-corrected chi connectivity index (χ0v) is 16.4. The highest BCUT2D eigenvalue weighted by atomic mass is 35.5. The molecule has 1 aliphatic heterocycles. The first-order valence-electron chi connectivity index (χ1n) is 8.60. The molecule has 1 aromatic carbocycles. The van der Waals surface area contributed by atoms with Crippen LogP contribution >= 0.6 is 11.5 Å². The summed E-state index contributed by atoms with van der Waals surface area (Å²) in [5.74, 6) is -0.292. The number of carbonyl (C=O) groups is 1. The highest BCUT2D eigenvalue weighted by molar-refractivity contribution is 7.21. The van der Waals surface area contributed by atoms with Crippen molar-refractivity contribution in [3.8, 4) is 0 Å². The van der Waals surface area contributed by atoms with Crippen LogP contribution in [0.4, 0.5) is 0 Å². The van der Waals surface area contributed by atoms with E-state index in [2.05, 4.69) is 39.2 Å². The number of halogens is 1. The SMILES string of the molecule is Bc1c(B)c(B)c2c(c1B)B(Cl)C1(B)C(B)(B)CC(O)C(=O)C21N. The highest BCUT2D eigenvalue weighted by Gasteiger charge is 2.72. The Kier molecular flexibility index (Phi) is 3.90. The zero-order valence-electron chi connectivity index (χ0n) is 15.7. The fraction of sp³-hybridized carbons (Fsp3) is 0.417. The van der Waals surface area contributed by atoms with Crippen molar-refractivity contribution in [2.45, 2.75) is 28.5 Å². The second-order valence-electron chi connectivity index (χ2n) is 8.63. The molecular weight excluding hydrogens is 312 g/mol. The fourth-order valence-corrected chi connectivity index (χ4v) is 5.96. The van der Waals surface area contributed by atoms with Crippen molar-refractivity contribution < 1.29 is 9.90 Å². The summed E-state index contributed by atoms with van der Waals surface area (Å²) in [6.07, 6.45) is -1.02. The van der Waals surface area contributed by atoms with E-state index in [-0.39, 0.29) is 17.1 Å². The molecule has 0 aromatic heterocycles. The van der Waals surface area contributed by atoms with Crippen LogP contribution in [-0.4, -0.2) is 78.0 Å². The quantitative estimate of drug-likeness (QED) is 0.464. The Morgan fingerprint density at radius 2 is 1.58 bits per heavy atom. The normalized spacial score (nSPS) is 34.0. The van der Waals surface area contributed by atoms with Crippen molar-refractivity contribution in [1.29, 1.82) is 0 Å². The summed E-state index contributed by atoms with van der Waals surface area (Å²) in [4.78, 5) is 13.2. The van der Waals surface area contributed by atoms with Crippen LogP contribution in [0.1, 0.15) is 12.0 Å². The van der Waals surface area contributed by atoms with Crippen LogP contribution in [0.15, 0.2) is 0 Å². The third kappa shape index (κ3) is 1.74. The maximum atomic E-state index is 13.2. The van der Waals surface area contributed by atoms with E-state index in [9.17, 15) is 9.90 Å². The third-order valence-corrected chi connectivity index (χ3v) is 8.17. The van der Waals surface area contributed by atoms with Gasteiger partial charge in [-0.1, -0.05) is 21.6 Å². The lowest BCUT2D eigenvalue weighted by molar-refractivity contribution is -0.137. The van der Waals surface area contributed by atoms with Crippen LogP contribution in [-0.2, 0) is 10.3 Å². The van der Waals surface area contributed by atoms with E-state index in [0.717, 1.165) is 27.4 Å². The van der Waals surface area contributed by atoms with Gasteiger partial charge >= 0.3 is 0 Å². The van der Waals surface area contributed by atoms with Crippen molar-refractivity contribution in [2.24, 2.45) is 5.73 Å². The van der Waals surface area contributed by atoms with Gasteiger partial charge in [0.25, 0.3) is 6.13 Å². The van der Waals surface area contributed by atoms with Gasteiger partial charge in [0.1, 0.15) is 45.3 Å². The Labute approximate surface area is 155 Å². The Morgan fingerprint density at radius 3 is 2.12 bits per heavy atom. The van der Waals surface area contributed by atoms with Crippen molar-refractivity contribution in [1.82, 2.24) is 0 Å². The number of aliphatic hydroxyl groups is 1. The minimum Gasteiger partial charge on any atom is -0.385 e. The van der Waals surface area contributed by atoms with Gasteiger partial charge in [-0.2, -0.15) is 11.5 Å². The second kappa shape index (κ2) is 5.08. The number of ketones is 1. The average Bonchev–Trinajstić information content (AvgIpc) is 2.69. The smallest absolute Gasteiger partial charge is 0.282 e. The Hall–Kier alpha value is -0.381.